The highest BCUT2D eigenvalue weighted by atomic mass is 35.5. The molecule has 0 atom stereocenters. The Morgan fingerprint density at radius 2 is 1.46 bits per heavy atom. The van der Waals surface area contributed by atoms with E-state index in [2.05, 4.69) is 34.2 Å². The third kappa shape index (κ3) is 3.06. The fraction of sp³-hybridized carbons (Fsp3) is 0.130. The van der Waals surface area contributed by atoms with E-state index in [0.717, 1.165) is 47.1 Å². The number of rotatable bonds is 4. The van der Waals surface area contributed by atoms with Crippen molar-refractivity contribution >= 4 is 35.5 Å². The van der Waals surface area contributed by atoms with Crippen molar-refractivity contribution < 1.29 is 4.79 Å². The maximum absolute atomic E-state index is 12.9. The summed E-state index contributed by atoms with van der Waals surface area (Å²) in [6.07, 6.45) is 0. The van der Waals surface area contributed by atoms with Crippen molar-refractivity contribution in [2.45, 2.75) is 0 Å². The summed E-state index contributed by atoms with van der Waals surface area (Å²) in [5.74, 6) is 0.992. The predicted octanol–water partition coefficient (Wildman–Crippen LogP) is 4.65. The maximum Gasteiger partial charge on any atom is 0.206 e. The molecule has 0 bridgehead atoms. The Hall–Kier alpha value is -3.11. The molecule has 4 nitrogen and oxygen atoms in total. The molecule has 2 aliphatic heterocycles. The number of aliphatic imine (C=N–C) groups is 1. The molecule has 0 N–H and O–H groups in total. The number of carbonyl (C=O) groups excluding carboxylic acids is 1. The largest absolute Gasteiger partial charge is 0.308 e. The van der Waals surface area contributed by atoms with Crippen molar-refractivity contribution in [2.24, 2.45) is 4.99 Å². The summed E-state index contributed by atoms with van der Waals surface area (Å²) in [6.45, 7) is 1.96. The second kappa shape index (κ2) is 7.49. The van der Waals surface area contributed by atoms with Crippen molar-refractivity contribution in [3.05, 3.63) is 84.4 Å². The number of anilines is 2. The van der Waals surface area contributed by atoms with Gasteiger partial charge in [0.05, 0.1) is 24.5 Å². The molecule has 140 valence electrons. The molecule has 2 aliphatic rings. The number of ketones is 1. The van der Waals surface area contributed by atoms with Gasteiger partial charge < -0.3 is 9.80 Å². The first-order valence-corrected chi connectivity index (χ1v) is 9.18. The van der Waals surface area contributed by atoms with Crippen molar-refractivity contribution in [1.29, 1.82) is 0 Å². The lowest BCUT2D eigenvalue weighted by molar-refractivity contribution is 0.100. The van der Waals surface area contributed by atoms with E-state index in [9.17, 15) is 4.79 Å². The van der Waals surface area contributed by atoms with Crippen LogP contribution in [0.5, 0.6) is 0 Å². The van der Waals surface area contributed by atoms with Crippen LogP contribution < -0.4 is 9.80 Å². The molecule has 3 aromatic carbocycles. The van der Waals surface area contributed by atoms with Crippen LogP contribution in [-0.4, -0.2) is 31.4 Å². The molecule has 0 amide bonds. The van der Waals surface area contributed by atoms with Gasteiger partial charge in [-0.3, -0.25) is 9.79 Å². The summed E-state index contributed by atoms with van der Waals surface area (Å²) < 4.78 is 0. The third-order valence-corrected chi connectivity index (χ3v) is 5.14. The van der Waals surface area contributed by atoms with E-state index in [4.69, 9.17) is 0 Å². The van der Waals surface area contributed by atoms with Gasteiger partial charge in [0, 0.05) is 12.1 Å². The second-order valence-corrected chi connectivity index (χ2v) is 6.77. The van der Waals surface area contributed by atoms with Gasteiger partial charge in [-0.05, 0) is 23.3 Å². The highest BCUT2D eigenvalue weighted by Crippen LogP contribution is 2.38. The molecule has 0 saturated carbocycles. The number of nitrogens with zero attached hydrogens (tertiary/aromatic N) is 3. The molecule has 0 radical (unpaired) electrons. The monoisotopic (exact) mass is 389 g/mol. The zero-order valence-electron chi connectivity index (χ0n) is 15.3. The molecule has 0 spiro atoms. The van der Waals surface area contributed by atoms with E-state index in [1.165, 1.54) is 0 Å². The van der Waals surface area contributed by atoms with Gasteiger partial charge in [-0.2, -0.15) is 0 Å². The highest BCUT2D eigenvalue weighted by Gasteiger charge is 2.35. The van der Waals surface area contributed by atoms with Crippen LogP contribution >= 0.6 is 12.4 Å². The lowest BCUT2D eigenvalue weighted by Gasteiger charge is -2.18. The Balaban J connectivity index is 0.00000192. The summed E-state index contributed by atoms with van der Waals surface area (Å²) in [7, 11) is 0. The minimum Gasteiger partial charge on any atom is -0.308 e. The Morgan fingerprint density at radius 1 is 0.821 bits per heavy atom. The van der Waals surface area contributed by atoms with Crippen LogP contribution in [0.25, 0.3) is 11.1 Å². The van der Waals surface area contributed by atoms with Gasteiger partial charge in [0.1, 0.15) is 0 Å². The first-order valence-electron chi connectivity index (χ1n) is 9.18. The topological polar surface area (TPSA) is 35.9 Å². The second-order valence-electron chi connectivity index (χ2n) is 6.77. The minimum absolute atomic E-state index is 0. The van der Waals surface area contributed by atoms with E-state index < -0.39 is 0 Å². The third-order valence-electron chi connectivity index (χ3n) is 5.14. The molecule has 2 heterocycles. The number of halogens is 1. The summed E-state index contributed by atoms with van der Waals surface area (Å²) in [5, 5.41) is 0. The van der Waals surface area contributed by atoms with Gasteiger partial charge in [0.2, 0.25) is 5.96 Å². The minimum atomic E-state index is 0. The fourth-order valence-electron chi connectivity index (χ4n) is 3.79. The van der Waals surface area contributed by atoms with Gasteiger partial charge in [0.25, 0.3) is 0 Å². The maximum atomic E-state index is 12.9. The van der Waals surface area contributed by atoms with E-state index in [-0.39, 0.29) is 18.2 Å². The SMILES string of the molecule is Cl.O=C(CN1C2=NCCN2c2ccccc21)c1ccc(-c2ccccc2)cc1. The van der Waals surface area contributed by atoms with Crippen LogP contribution in [0.3, 0.4) is 0 Å². The van der Waals surface area contributed by atoms with Crippen LogP contribution in [0.15, 0.2) is 83.9 Å². The molecule has 0 saturated heterocycles. The Labute approximate surface area is 170 Å². The van der Waals surface area contributed by atoms with Gasteiger partial charge >= 0.3 is 0 Å². The van der Waals surface area contributed by atoms with Crippen LogP contribution in [0, 0.1) is 0 Å². The van der Waals surface area contributed by atoms with E-state index in [1.807, 2.05) is 59.5 Å². The number of para-hydroxylation sites is 2. The molecule has 0 aromatic heterocycles. The molecule has 28 heavy (non-hydrogen) atoms. The first kappa shape index (κ1) is 18.3. The average Bonchev–Trinajstić information content (AvgIpc) is 3.32. The zero-order chi connectivity index (χ0) is 18.2. The summed E-state index contributed by atoms with van der Waals surface area (Å²) in [6, 6.07) is 26.2. The molecular formula is C23H20ClN3O. The summed E-state index contributed by atoms with van der Waals surface area (Å²) in [5.41, 5.74) is 5.20. The van der Waals surface area contributed by atoms with Crippen LogP contribution in [0.1, 0.15) is 10.4 Å². The molecule has 0 aliphatic carbocycles. The lowest BCUT2D eigenvalue weighted by atomic mass is 10.0. The van der Waals surface area contributed by atoms with E-state index in [1.54, 1.807) is 0 Å². The normalized spacial score (nSPS) is 14.2. The number of fused-ring (bicyclic) bond motifs is 3. The molecule has 3 aromatic rings. The average molecular weight is 390 g/mol. The number of hydrogen-bond donors (Lipinski definition) is 0. The van der Waals surface area contributed by atoms with Crippen molar-refractivity contribution in [2.75, 3.05) is 29.4 Å². The molecule has 0 fully saturated rings. The van der Waals surface area contributed by atoms with Gasteiger partial charge in [-0.15, -0.1) is 12.4 Å². The Kier molecular flexibility index (Phi) is 4.88. The molecule has 5 heteroatoms. The standard InChI is InChI=1S/C23H19N3O.ClH/c27-22(19-12-10-18(11-13-19)17-6-2-1-3-7-17)16-26-21-9-5-4-8-20(21)25-15-14-24-23(25)26;/h1-13H,14-16H2;1H. The van der Waals surface area contributed by atoms with Crippen LogP contribution in [0.2, 0.25) is 0 Å². The summed E-state index contributed by atoms with van der Waals surface area (Å²) >= 11 is 0. The fourth-order valence-corrected chi connectivity index (χ4v) is 3.79. The number of hydrogen-bond acceptors (Lipinski definition) is 4. The summed E-state index contributed by atoms with van der Waals surface area (Å²) in [4.78, 5) is 21.8. The zero-order valence-corrected chi connectivity index (χ0v) is 16.1. The van der Waals surface area contributed by atoms with Crippen LogP contribution in [0.4, 0.5) is 11.4 Å². The van der Waals surface area contributed by atoms with Crippen molar-refractivity contribution in [3.63, 3.8) is 0 Å². The van der Waals surface area contributed by atoms with E-state index >= 15 is 0 Å². The first-order chi connectivity index (χ1) is 13.3. The smallest absolute Gasteiger partial charge is 0.206 e. The number of guanidine groups is 1. The van der Waals surface area contributed by atoms with Crippen molar-refractivity contribution in [3.8, 4) is 11.1 Å². The van der Waals surface area contributed by atoms with Crippen molar-refractivity contribution in [1.82, 2.24) is 0 Å². The van der Waals surface area contributed by atoms with Crippen LogP contribution in [-0.2, 0) is 0 Å². The van der Waals surface area contributed by atoms with Gasteiger partial charge in [0.15, 0.2) is 5.78 Å². The quantitative estimate of drug-likeness (QED) is 0.609. The molecule has 5 rings (SSSR count). The predicted molar refractivity (Wildman–Crippen MR) is 117 cm³/mol. The number of Topliss-reactive ketones (excluding diaryl/α,β-unsaturated/α-hetero) is 1. The lowest BCUT2D eigenvalue weighted by Crippen LogP contribution is -2.38. The molecular weight excluding hydrogens is 370 g/mol. The molecule has 0 unspecified atom stereocenters. The number of carbonyl (C=O) groups is 1. The highest BCUT2D eigenvalue weighted by molar-refractivity contribution is 6.19. The van der Waals surface area contributed by atoms with Gasteiger partial charge in [-0.1, -0.05) is 66.7 Å². The number of benzene rings is 3. The Bertz CT molecular complexity index is 1030. The van der Waals surface area contributed by atoms with Gasteiger partial charge in [-0.25, -0.2) is 0 Å². The Morgan fingerprint density at radius 3 is 2.21 bits per heavy atom. The van der Waals surface area contributed by atoms with E-state index in [0.29, 0.717) is 6.54 Å².